The summed E-state index contributed by atoms with van der Waals surface area (Å²) in [6, 6.07) is 31.5. The number of nitrogens with zero attached hydrogens (tertiary/aromatic N) is 3. The number of rotatable bonds is 4. The van der Waals surface area contributed by atoms with E-state index in [9.17, 15) is 9.59 Å². The van der Waals surface area contributed by atoms with Gasteiger partial charge in [-0.1, -0.05) is 113 Å². The van der Waals surface area contributed by atoms with E-state index in [1.165, 1.54) is 11.1 Å². The summed E-state index contributed by atoms with van der Waals surface area (Å²) in [5.41, 5.74) is 5.64. The molecule has 0 bridgehead atoms. The van der Waals surface area contributed by atoms with Crippen LogP contribution in [0.4, 0.5) is 0 Å². The van der Waals surface area contributed by atoms with E-state index in [1.54, 1.807) is 6.07 Å². The summed E-state index contributed by atoms with van der Waals surface area (Å²) >= 11 is 0. The van der Waals surface area contributed by atoms with Crippen LogP contribution in [0.5, 0.6) is 0 Å². The number of benzene rings is 4. The molecule has 0 fully saturated rings. The van der Waals surface area contributed by atoms with Crippen molar-refractivity contribution < 1.29 is 0 Å². The first-order valence-electron chi connectivity index (χ1n) is 13.7. The second-order valence-electron chi connectivity index (χ2n) is 10.6. The number of H-pyrrole nitrogens is 1. The molecule has 3 N–H and O–H groups in total. The molecule has 0 aliphatic carbocycles. The number of hydrogen-bond acceptors (Lipinski definition) is 5. The highest BCUT2D eigenvalue weighted by Gasteiger charge is 2.11. The van der Waals surface area contributed by atoms with E-state index in [2.05, 4.69) is 79.4 Å². The Morgan fingerprint density at radius 2 is 1.05 bits per heavy atom. The lowest BCUT2D eigenvalue weighted by atomic mass is 9.99. The zero-order valence-corrected chi connectivity index (χ0v) is 23.6. The summed E-state index contributed by atoms with van der Waals surface area (Å²) in [5.74, 6) is 6.68. The van der Waals surface area contributed by atoms with Crippen molar-refractivity contribution in [2.24, 2.45) is 0 Å². The van der Waals surface area contributed by atoms with Gasteiger partial charge in [-0.2, -0.15) is 5.10 Å². The van der Waals surface area contributed by atoms with Gasteiger partial charge in [0.05, 0.1) is 16.5 Å². The first-order valence-corrected chi connectivity index (χ1v) is 13.7. The van der Waals surface area contributed by atoms with Gasteiger partial charge in [0.15, 0.2) is 0 Å². The van der Waals surface area contributed by atoms with Crippen molar-refractivity contribution >= 4 is 21.5 Å². The third-order valence-corrected chi connectivity index (χ3v) is 7.23. The average molecular weight is 544 g/mol. The molecule has 0 saturated heterocycles. The molecule has 0 spiro atoms. The van der Waals surface area contributed by atoms with Gasteiger partial charge < -0.3 is 5.84 Å². The lowest BCUT2D eigenvalue weighted by Crippen LogP contribution is -2.30. The number of nitrogens with one attached hydrogen (secondary N) is 1. The maximum Gasteiger partial charge on any atom is 0.293 e. The van der Waals surface area contributed by atoms with Gasteiger partial charge in [-0.15, -0.1) is 9.89 Å². The van der Waals surface area contributed by atoms with Crippen LogP contribution in [0.25, 0.3) is 44.1 Å². The Bertz CT molecular complexity index is 1940. The quantitative estimate of drug-likeness (QED) is 0.243. The number of hydrogen-bond donors (Lipinski definition) is 2. The van der Waals surface area contributed by atoms with Gasteiger partial charge in [0.25, 0.3) is 11.1 Å². The Kier molecular flexibility index (Phi) is 7.79. The minimum atomic E-state index is -0.284. The molecule has 0 atom stereocenters. The van der Waals surface area contributed by atoms with E-state index >= 15 is 0 Å². The van der Waals surface area contributed by atoms with Crippen LogP contribution < -0.4 is 17.0 Å². The van der Waals surface area contributed by atoms with E-state index in [1.807, 2.05) is 54.6 Å². The molecule has 2 aromatic heterocycles. The SMILES string of the molecule is CC(C)c1ccc(-c2n[nH]c(=O)c3ccccc23)cc1.CC(C)c1ccc(-c2nn(N)c(=O)c3ccccc23)cc1. The summed E-state index contributed by atoms with van der Waals surface area (Å²) in [7, 11) is 0. The molecule has 41 heavy (non-hydrogen) atoms. The van der Waals surface area contributed by atoms with Gasteiger partial charge in [0, 0.05) is 21.9 Å². The number of aromatic amines is 1. The molecule has 0 unspecified atom stereocenters. The molecule has 0 radical (unpaired) electrons. The fourth-order valence-electron chi connectivity index (χ4n) is 4.81. The zero-order chi connectivity index (χ0) is 29.1. The van der Waals surface area contributed by atoms with Gasteiger partial charge in [-0.25, -0.2) is 5.10 Å². The van der Waals surface area contributed by atoms with Crippen LogP contribution in [0.2, 0.25) is 0 Å². The normalized spacial score (nSPS) is 11.2. The molecule has 7 heteroatoms. The standard InChI is InChI=1S/C17H17N3O.C17H16N2O/c1-11(2)12-7-9-13(10-8-12)16-14-5-3-4-6-15(14)17(21)20(18)19-16;1-11(2)12-7-9-13(10-8-12)16-14-5-3-4-6-15(14)17(20)19-18-16/h3-11H,18H2,1-2H3;3-11H,1-2H3,(H,19,20). The van der Waals surface area contributed by atoms with Crippen LogP contribution >= 0.6 is 0 Å². The highest BCUT2D eigenvalue weighted by Crippen LogP contribution is 2.27. The fourth-order valence-corrected chi connectivity index (χ4v) is 4.81. The van der Waals surface area contributed by atoms with Crippen LogP contribution in [-0.2, 0) is 0 Å². The molecule has 2 heterocycles. The third-order valence-electron chi connectivity index (χ3n) is 7.23. The predicted molar refractivity (Wildman–Crippen MR) is 168 cm³/mol. The third kappa shape index (κ3) is 5.65. The van der Waals surface area contributed by atoms with Gasteiger partial charge >= 0.3 is 0 Å². The molecule has 6 aromatic rings. The number of aromatic nitrogens is 4. The Balaban J connectivity index is 0.000000165. The van der Waals surface area contributed by atoms with E-state index in [0.29, 0.717) is 22.6 Å². The van der Waals surface area contributed by atoms with E-state index in [0.717, 1.165) is 38.1 Å². The monoisotopic (exact) mass is 543 g/mol. The van der Waals surface area contributed by atoms with Crippen LogP contribution in [0, 0.1) is 0 Å². The maximum atomic E-state index is 12.0. The molecule has 0 aliphatic rings. The molecule has 4 aromatic carbocycles. The van der Waals surface area contributed by atoms with Gasteiger partial charge in [-0.3, -0.25) is 9.59 Å². The zero-order valence-electron chi connectivity index (χ0n) is 23.6. The topological polar surface area (TPSA) is 107 Å². The molecule has 206 valence electrons. The molecular weight excluding hydrogens is 510 g/mol. The van der Waals surface area contributed by atoms with Crippen molar-refractivity contribution in [3.05, 3.63) is 129 Å². The van der Waals surface area contributed by atoms with Crippen LogP contribution in [0.3, 0.4) is 0 Å². The Hall–Kier alpha value is -5.04. The minimum Gasteiger partial charge on any atom is -0.320 e. The highest BCUT2D eigenvalue weighted by molar-refractivity contribution is 5.94. The smallest absolute Gasteiger partial charge is 0.293 e. The van der Waals surface area contributed by atoms with Crippen molar-refractivity contribution in [3.8, 4) is 22.5 Å². The molecule has 6 rings (SSSR count). The molecule has 0 saturated carbocycles. The van der Waals surface area contributed by atoms with Crippen molar-refractivity contribution in [2.45, 2.75) is 39.5 Å². The van der Waals surface area contributed by atoms with Crippen molar-refractivity contribution in [2.75, 3.05) is 5.84 Å². The summed E-state index contributed by atoms with van der Waals surface area (Å²) in [6.45, 7) is 8.65. The number of fused-ring (bicyclic) bond motifs is 2. The van der Waals surface area contributed by atoms with Crippen molar-refractivity contribution in [1.82, 2.24) is 20.1 Å². The second kappa shape index (κ2) is 11.6. The van der Waals surface area contributed by atoms with Crippen LogP contribution in [0.1, 0.15) is 50.7 Å². The summed E-state index contributed by atoms with van der Waals surface area (Å²) in [5, 5.41) is 14.0. The highest BCUT2D eigenvalue weighted by atomic mass is 16.1. The van der Waals surface area contributed by atoms with Crippen LogP contribution in [0.15, 0.2) is 107 Å². The van der Waals surface area contributed by atoms with Gasteiger partial charge in [0.1, 0.15) is 5.69 Å². The van der Waals surface area contributed by atoms with E-state index in [-0.39, 0.29) is 11.1 Å². The lowest BCUT2D eigenvalue weighted by Gasteiger charge is -2.10. The fraction of sp³-hybridized carbons (Fsp3) is 0.176. The predicted octanol–water partition coefficient (Wildman–Crippen LogP) is 6.61. The number of nitrogens with two attached hydrogens (primary N) is 1. The molecule has 0 amide bonds. The summed E-state index contributed by atoms with van der Waals surface area (Å²) in [4.78, 5) is 24.7. The molecule has 7 nitrogen and oxygen atoms in total. The van der Waals surface area contributed by atoms with E-state index < -0.39 is 0 Å². The molecular formula is C34H33N5O2. The first-order chi connectivity index (χ1) is 19.7. The van der Waals surface area contributed by atoms with Crippen molar-refractivity contribution in [3.63, 3.8) is 0 Å². The van der Waals surface area contributed by atoms with Crippen molar-refractivity contribution in [1.29, 1.82) is 0 Å². The summed E-state index contributed by atoms with van der Waals surface area (Å²) in [6.07, 6.45) is 0. The average Bonchev–Trinajstić information content (AvgIpc) is 3.00. The second-order valence-corrected chi connectivity index (χ2v) is 10.6. The Morgan fingerprint density at radius 1 is 0.610 bits per heavy atom. The lowest BCUT2D eigenvalue weighted by molar-refractivity contribution is 0.781. The Morgan fingerprint density at radius 3 is 1.56 bits per heavy atom. The maximum absolute atomic E-state index is 12.0. The number of nitrogen functional groups attached to an aromatic ring is 1. The van der Waals surface area contributed by atoms with Gasteiger partial charge in [-0.05, 0) is 35.1 Å². The summed E-state index contributed by atoms with van der Waals surface area (Å²) < 4.78 is 0. The Labute approximate surface area is 238 Å². The van der Waals surface area contributed by atoms with E-state index in [4.69, 9.17) is 5.84 Å². The van der Waals surface area contributed by atoms with Crippen LogP contribution in [-0.4, -0.2) is 20.1 Å². The first kappa shape index (κ1) is 27.5. The van der Waals surface area contributed by atoms with Gasteiger partial charge in [0.2, 0.25) is 0 Å². The molecule has 0 aliphatic heterocycles. The minimum absolute atomic E-state index is 0.150. The largest absolute Gasteiger partial charge is 0.320 e.